The van der Waals surface area contributed by atoms with E-state index in [4.69, 9.17) is 4.42 Å². The first kappa shape index (κ1) is 19.4. The van der Waals surface area contributed by atoms with Gasteiger partial charge < -0.3 is 9.32 Å². The van der Waals surface area contributed by atoms with Gasteiger partial charge in [0.25, 0.3) is 0 Å². The van der Waals surface area contributed by atoms with Gasteiger partial charge in [-0.25, -0.2) is 4.79 Å². The third-order valence-corrected chi connectivity index (χ3v) is 4.56. The molecule has 0 saturated carbocycles. The Labute approximate surface area is 164 Å². The highest BCUT2D eigenvalue weighted by Crippen LogP contribution is 2.22. The summed E-state index contributed by atoms with van der Waals surface area (Å²) in [6.45, 7) is 5.88. The van der Waals surface area contributed by atoms with Crippen molar-refractivity contribution in [3.05, 3.63) is 94.4 Å². The van der Waals surface area contributed by atoms with Crippen LogP contribution in [0.25, 0.3) is 17.0 Å². The monoisotopic (exact) mass is 373 g/mol. The zero-order valence-corrected chi connectivity index (χ0v) is 16.1. The van der Waals surface area contributed by atoms with Crippen molar-refractivity contribution in [3.8, 4) is 0 Å². The molecular formula is C24H23NO3. The number of benzene rings is 2. The second-order valence-electron chi connectivity index (χ2n) is 6.34. The standard InChI is InChI=1S/C24H23NO3/c1-3-25(4-2)20-15-14-19-16-21(24(27)28-23(19)17-20)22(26)13-9-8-12-18-10-6-5-7-11-18/h5-17H,3-4H2,1-2H3/b12-8+,13-9?. The number of ketones is 1. The molecule has 4 heteroatoms. The molecule has 3 aromatic rings. The number of hydrogen-bond donors (Lipinski definition) is 0. The summed E-state index contributed by atoms with van der Waals surface area (Å²) < 4.78 is 5.41. The molecule has 142 valence electrons. The smallest absolute Gasteiger partial charge is 0.347 e. The van der Waals surface area contributed by atoms with Gasteiger partial charge in [-0.05, 0) is 43.7 Å². The van der Waals surface area contributed by atoms with Crippen LogP contribution in [-0.4, -0.2) is 18.9 Å². The predicted molar refractivity (Wildman–Crippen MR) is 115 cm³/mol. The second kappa shape index (κ2) is 9.00. The Kier molecular flexibility index (Phi) is 6.22. The van der Waals surface area contributed by atoms with Crippen molar-refractivity contribution in [2.45, 2.75) is 13.8 Å². The van der Waals surface area contributed by atoms with Crippen molar-refractivity contribution in [2.75, 3.05) is 18.0 Å². The van der Waals surface area contributed by atoms with E-state index in [1.807, 2.05) is 54.6 Å². The van der Waals surface area contributed by atoms with Crippen molar-refractivity contribution in [2.24, 2.45) is 0 Å². The van der Waals surface area contributed by atoms with Crippen LogP contribution in [0.3, 0.4) is 0 Å². The molecule has 0 unspecified atom stereocenters. The van der Waals surface area contributed by atoms with Gasteiger partial charge >= 0.3 is 5.63 Å². The Bertz CT molecular complexity index is 1070. The summed E-state index contributed by atoms with van der Waals surface area (Å²) in [7, 11) is 0. The lowest BCUT2D eigenvalue weighted by Gasteiger charge is -2.20. The normalized spacial score (nSPS) is 11.5. The minimum atomic E-state index is -0.620. The van der Waals surface area contributed by atoms with E-state index in [9.17, 15) is 9.59 Å². The fourth-order valence-electron chi connectivity index (χ4n) is 3.02. The van der Waals surface area contributed by atoms with E-state index >= 15 is 0 Å². The summed E-state index contributed by atoms with van der Waals surface area (Å²) in [5.41, 5.74) is 1.93. The van der Waals surface area contributed by atoms with Crippen molar-refractivity contribution in [1.82, 2.24) is 0 Å². The van der Waals surface area contributed by atoms with Gasteiger partial charge in [0.15, 0.2) is 5.78 Å². The Morgan fingerprint density at radius 3 is 2.46 bits per heavy atom. The van der Waals surface area contributed by atoms with Crippen LogP contribution in [0.5, 0.6) is 0 Å². The maximum absolute atomic E-state index is 12.4. The number of hydrogen-bond acceptors (Lipinski definition) is 4. The molecular weight excluding hydrogens is 350 g/mol. The maximum atomic E-state index is 12.4. The second-order valence-corrected chi connectivity index (χ2v) is 6.34. The molecule has 0 amide bonds. The highest BCUT2D eigenvalue weighted by atomic mass is 16.4. The Morgan fingerprint density at radius 1 is 1.00 bits per heavy atom. The first-order chi connectivity index (χ1) is 13.6. The molecule has 0 atom stereocenters. The lowest BCUT2D eigenvalue weighted by atomic mass is 10.1. The van der Waals surface area contributed by atoms with Crippen molar-refractivity contribution >= 4 is 28.5 Å². The van der Waals surface area contributed by atoms with E-state index < -0.39 is 5.63 Å². The lowest BCUT2D eigenvalue weighted by molar-refractivity contribution is 0.104. The first-order valence-corrected chi connectivity index (χ1v) is 9.39. The number of allylic oxidation sites excluding steroid dienone is 3. The largest absolute Gasteiger partial charge is 0.422 e. The van der Waals surface area contributed by atoms with Crippen LogP contribution in [0, 0.1) is 0 Å². The Balaban J connectivity index is 1.82. The summed E-state index contributed by atoms with van der Waals surface area (Å²) in [5, 5.41) is 0.729. The number of rotatable bonds is 7. The van der Waals surface area contributed by atoms with E-state index in [1.165, 1.54) is 6.08 Å². The topological polar surface area (TPSA) is 50.5 Å². The molecule has 0 aliphatic heterocycles. The minimum Gasteiger partial charge on any atom is -0.422 e. The average molecular weight is 373 g/mol. The van der Waals surface area contributed by atoms with E-state index in [1.54, 1.807) is 18.2 Å². The van der Waals surface area contributed by atoms with Gasteiger partial charge in [-0.1, -0.05) is 48.6 Å². The summed E-state index contributed by atoms with van der Waals surface area (Å²) in [4.78, 5) is 26.9. The molecule has 0 aliphatic rings. The van der Waals surface area contributed by atoms with Crippen molar-refractivity contribution in [3.63, 3.8) is 0 Å². The number of anilines is 1. The number of nitrogens with zero attached hydrogens (tertiary/aromatic N) is 1. The fourth-order valence-corrected chi connectivity index (χ4v) is 3.02. The van der Waals surface area contributed by atoms with Crippen LogP contribution in [-0.2, 0) is 0 Å². The van der Waals surface area contributed by atoms with E-state index in [-0.39, 0.29) is 11.3 Å². The summed E-state index contributed by atoms with van der Waals surface area (Å²) in [6, 6.07) is 17.1. The van der Waals surface area contributed by atoms with Gasteiger partial charge in [-0.3, -0.25) is 4.79 Å². The molecule has 0 aliphatic carbocycles. The number of carbonyl (C=O) groups is 1. The maximum Gasteiger partial charge on any atom is 0.347 e. The van der Waals surface area contributed by atoms with Crippen LogP contribution >= 0.6 is 0 Å². The van der Waals surface area contributed by atoms with Crippen molar-refractivity contribution in [1.29, 1.82) is 0 Å². The Hall–Kier alpha value is -3.40. The van der Waals surface area contributed by atoms with Crippen LogP contribution < -0.4 is 10.5 Å². The molecule has 1 heterocycles. The Morgan fingerprint density at radius 2 is 1.75 bits per heavy atom. The minimum absolute atomic E-state index is 0.0347. The zero-order chi connectivity index (χ0) is 19.9. The zero-order valence-electron chi connectivity index (χ0n) is 16.1. The third-order valence-electron chi connectivity index (χ3n) is 4.56. The average Bonchev–Trinajstić information content (AvgIpc) is 2.72. The van der Waals surface area contributed by atoms with Gasteiger partial charge in [0.1, 0.15) is 11.1 Å². The molecule has 1 aromatic heterocycles. The van der Waals surface area contributed by atoms with Gasteiger partial charge in [-0.2, -0.15) is 0 Å². The molecule has 0 saturated heterocycles. The predicted octanol–water partition coefficient (Wildman–Crippen LogP) is 5.09. The van der Waals surface area contributed by atoms with Crippen LogP contribution in [0.1, 0.15) is 29.8 Å². The van der Waals surface area contributed by atoms with Gasteiger partial charge in [-0.15, -0.1) is 0 Å². The molecule has 3 rings (SSSR count). The van der Waals surface area contributed by atoms with Crippen molar-refractivity contribution < 1.29 is 9.21 Å². The lowest BCUT2D eigenvalue weighted by Crippen LogP contribution is -2.21. The highest BCUT2D eigenvalue weighted by Gasteiger charge is 2.12. The van der Waals surface area contributed by atoms with E-state index in [0.29, 0.717) is 5.58 Å². The summed E-state index contributed by atoms with van der Waals surface area (Å²) >= 11 is 0. The molecule has 28 heavy (non-hydrogen) atoms. The SMILES string of the molecule is CCN(CC)c1ccc2cc(C(=O)C=C/C=C/c3ccccc3)c(=O)oc2c1. The fraction of sp³-hybridized carbons (Fsp3) is 0.167. The third kappa shape index (κ3) is 4.46. The van der Waals surface area contributed by atoms with E-state index in [2.05, 4.69) is 18.7 Å². The molecule has 0 fully saturated rings. The van der Waals surface area contributed by atoms with Crippen LogP contribution in [0.4, 0.5) is 5.69 Å². The number of fused-ring (bicyclic) bond motifs is 1. The molecule has 0 spiro atoms. The molecule has 0 radical (unpaired) electrons. The van der Waals surface area contributed by atoms with Gasteiger partial charge in [0.2, 0.25) is 0 Å². The van der Waals surface area contributed by atoms with Gasteiger partial charge in [0.05, 0.1) is 0 Å². The molecule has 0 bridgehead atoms. The summed E-state index contributed by atoms with van der Waals surface area (Å²) in [6.07, 6.45) is 6.66. The first-order valence-electron chi connectivity index (χ1n) is 9.39. The van der Waals surface area contributed by atoms with Gasteiger partial charge in [0, 0.05) is 30.2 Å². The molecule has 0 N–H and O–H groups in total. The van der Waals surface area contributed by atoms with Crippen LogP contribution in [0.15, 0.2) is 82.0 Å². The summed E-state index contributed by atoms with van der Waals surface area (Å²) in [5.74, 6) is -0.374. The van der Waals surface area contributed by atoms with E-state index in [0.717, 1.165) is 29.7 Å². The number of carbonyl (C=O) groups excluding carboxylic acids is 1. The molecule has 4 nitrogen and oxygen atoms in total. The van der Waals surface area contributed by atoms with Crippen LogP contribution in [0.2, 0.25) is 0 Å². The highest BCUT2D eigenvalue weighted by molar-refractivity contribution is 6.06. The quantitative estimate of drug-likeness (QED) is 0.250. The molecule has 2 aromatic carbocycles.